The maximum absolute atomic E-state index is 12.9. The number of morpholine rings is 1. The van der Waals surface area contributed by atoms with Crippen molar-refractivity contribution in [1.29, 1.82) is 0 Å². The van der Waals surface area contributed by atoms with Gasteiger partial charge in [0.15, 0.2) is 0 Å². The van der Waals surface area contributed by atoms with E-state index in [1.54, 1.807) is 30.5 Å². The Morgan fingerprint density at radius 2 is 2.08 bits per heavy atom. The Bertz CT molecular complexity index is 805. The molecule has 0 radical (unpaired) electrons. The maximum atomic E-state index is 12.9. The number of ether oxygens (including phenoxy) is 1. The van der Waals surface area contributed by atoms with E-state index in [1.807, 2.05) is 19.1 Å². The maximum Gasteiger partial charge on any atom is 0.295 e. The minimum atomic E-state index is -0.540. The molecule has 0 saturated carbocycles. The Kier molecular flexibility index (Phi) is 4.76. The largest absolute Gasteiger partial charge is 0.464 e. The van der Waals surface area contributed by atoms with Gasteiger partial charge in [-0.15, -0.1) is 0 Å². The molecule has 7 heteroatoms. The van der Waals surface area contributed by atoms with Crippen LogP contribution in [0, 0.1) is 13.8 Å². The van der Waals surface area contributed by atoms with Crippen LogP contribution in [0.15, 0.2) is 16.5 Å². The number of furan rings is 1. The zero-order valence-electron chi connectivity index (χ0n) is 15.0. The number of hydrogen-bond donors (Lipinski definition) is 0. The van der Waals surface area contributed by atoms with Crippen molar-refractivity contribution in [1.82, 2.24) is 14.7 Å². The molecule has 0 spiro atoms. The fourth-order valence-corrected chi connectivity index (χ4v) is 3.19. The van der Waals surface area contributed by atoms with Gasteiger partial charge in [-0.2, -0.15) is 5.10 Å². The number of aromatic nitrogens is 2. The van der Waals surface area contributed by atoms with E-state index in [0.29, 0.717) is 42.5 Å². The fraction of sp³-hybridized carbons (Fsp3) is 0.500. The Morgan fingerprint density at radius 1 is 1.32 bits per heavy atom. The topological polar surface area (TPSA) is 77.6 Å². The van der Waals surface area contributed by atoms with Crippen LogP contribution in [0.5, 0.6) is 0 Å². The van der Waals surface area contributed by atoms with Crippen molar-refractivity contribution >= 4 is 11.7 Å². The number of carbonyl (C=O) groups is 2. The Balaban J connectivity index is 1.89. The van der Waals surface area contributed by atoms with Gasteiger partial charge in [0.05, 0.1) is 24.5 Å². The quantitative estimate of drug-likeness (QED) is 0.625. The molecule has 7 nitrogen and oxygen atoms in total. The molecule has 1 amide bonds. The second kappa shape index (κ2) is 6.84. The van der Waals surface area contributed by atoms with Crippen LogP contribution in [0.3, 0.4) is 0 Å². The van der Waals surface area contributed by atoms with Gasteiger partial charge in [-0.25, -0.2) is 0 Å². The third kappa shape index (κ3) is 3.11. The zero-order chi connectivity index (χ0) is 18.1. The Hall–Kier alpha value is -2.41. The second-order valence-electron chi connectivity index (χ2n) is 6.25. The van der Waals surface area contributed by atoms with Crippen LogP contribution in [-0.4, -0.2) is 46.1 Å². The molecular formula is C18H23N3O4. The van der Waals surface area contributed by atoms with Crippen LogP contribution in [0.2, 0.25) is 0 Å². The molecular weight excluding hydrogens is 322 g/mol. The van der Waals surface area contributed by atoms with E-state index in [-0.39, 0.29) is 6.04 Å². The van der Waals surface area contributed by atoms with E-state index in [1.165, 1.54) is 0 Å². The summed E-state index contributed by atoms with van der Waals surface area (Å²) in [5.74, 6) is 0.426. The normalized spacial score (nSPS) is 17.8. The predicted molar refractivity (Wildman–Crippen MR) is 90.4 cm³/mol. The molecule has 0 aromatic carbocycles. The minimum Gasteiger partial charge on any atom is -0.464 e. The average molecular weight is 345 g/mol. The summed E-state index contributed by atoms with van der Waals surface area (Å²) in [6, 6.07) is 3.36. The van der Waals surface area contributed by atoms with E-state index in [4.69, 9.17) is 9.15 Å². The molecule has 3 rings (SSSR count). The number of nitrogens with zero attached hydrogens (tertiary/aromatic N) is 3. The molecule has 1 aliphatic rings. The van der Waals surface area contributed by atoms with Gasteiger partial charge in [0.25, 0.3) is 11.7 Å². The van der Waals surface area contributed by atoms with Gasteiger partial charge in [-0.1, -0.05) is 6.92 Å². The lowest BCUT2D eigenvalue weighted by atomic mass is 10.1. The molecule has 1 fully saturated rings. The third-order valence-electron chi connectivity index (χ3n) is 4.68. The molecule has 0 N–H and O–H groups in total. The standard InChI is InChI=1S/C18H23N3O4/c1-5-13-6-7-15(25-13)14-10-24-9-8-21(14)18(23)17(22)16-11(2)19-20(4)12(16)3/h6-7,14H,5,8-10H2,1-4H3/t14-/m1/s1. The molecule has 0 bridgehead atoms. The highest BCUT2D eigenvalue weighted by atomic mass is 16.5. The van der Waals surface area contributed by atoms with Gasteiger partial charge in [0, 0.05) is 25.7 Å². The van der Waals surface area contributed by atoms with Crippen LogP contribution < -0.4 is 0 Å². The number of aryl methyl sites for hydroxylation is 3. The number of rotatable bonds is 4. The van der Waals surface area contributed by atoms with Crippen molar-refractivity contribution in [2.24, 2.45) is 7.05 Å². The number of carbonyl (C=O) groups excluding carboxylic acids is 2. The lowest BCUT2D eigenvalue weighted by Gasteiger charge is -2.33. The minimum absolute atomic E-state index is 0.320. The van der Waals surface area contributed by atoms with Crippen molar-refractivity contribution in [2.75, 3.05) is 19.8 Å². The van der Waals surface area contributed by atoms with E-state index < -0.39 is 11.7 Å². The van der Waals surface area contributed by atoms with E-state index in [2.05, 4.69) is 5.10 Å². The number of ketones is 1. The molecule has 0 aliphatic carbocycles. The van der Waals surface area contributed by atoms with Crippen molar-refractivity contribution in [3.8, 4) is 0 Å². The highest BCUT2D eigenvalue weighted by molar-refractivity contribution is 6.43. The Morgan fingerprint density at radius 3 is 2.68 bits per heavy atom. The van der Waals surface area contributed by atoms with E-state index in [9.17, 15) is 9.59 Å². The molecule has 1 aliphatic heterocycles. The molecule has 134 valence electrons. The van der Waals surface area contributed by atoms with Gasteiger partial charge in [0.2, 0.25) is 0 Å². The summed E-state index contributed by atoms with van der Waals surface area (Å²) in [6.07, 6.45) is 0.772. The molecule has 2 aromatic rings. The first-order valence-corrected chi connectivity index (χ1v) is 8.45. The van der Waals surface area contributed by atoms with Crippen LogP contribution in [0.1, 0.15) is 46.2 Å². The summed E-state index contributed by atoms with van der Waals surface area (Å²) in [5.41, 5.74) is 1.63. The third-order valence-corrected chi connectivity index (χ3v) is 4.68. The Labute approximate surface area is 146 Å². The number of hydrogen-bond acceptors (Lipinski definition) is 5. The molecule has 2 aromatic heterocycles. The highest BCUT2D eigenvalue weighted by Crippen LogP contribution is 2.27. The van der Waals surface area contributed by atoms with Crippen molar-refractivity contribution in [2.45, 2.75) is 33.2 Å². The zero-order valence-corrected chi connectivity index (χ0v) is 15.0. The van der Waals surface area contributed by atoms with E-state index in [0.717, 1.165) is 12.2 Å². The van der Waals surface area contributed by atoms with Gasteiger partial charge >= 0.3 is 0 Å². The van der Waals surface area contributed by atoms with Crippen molar-refractivity contribution in [3.05, 3.63) is 40.6 Å². The predicted octanol–water partition coefficient (Wildman–Crippen LogP) is 1.98. The monoisotopic (exact) mass is 345 g/mol. The first-order chi connectivity index (χ1) is 11.9. The van der Waals surface area contributed by atoms with Gasteiger partial charge in [-0.05, 0) is 26.0 Å². The SMILES string of the molecule is CCc1ccc([C@H]2COCCN2C(=O)C(=O)c2c(C)nn(C)c2C)o1. The molecule has 25 heavy (non-hydrogen) atoms. The summed E-state index contributed by atoms with van der Waals surface area (Å²) in [4.78, 5) is 27.3. The summed E-state index contributed by atoms with van der Waals surface area (Å²) < 4.78 is 12.9. The summed E-state index contributed by atoms with van der Waals surface area (Å²) in [6.45, 7) is 6.61. The molecule has 1 atom stereocenters. The molecule has 1 saturated heterocycles. The van der Waals surface area contributed by atoms with Crippen molar-refractivity contribution in [3.63, 3.8) is 0 Å². The van der Waals surface area contributed by atoms with Gasteiger partial charge < -0.3 is 14.1 Å². The number of amides is 1. The molecule has 3 heterocycles. The number of Topliss-reactive ketones (excluding diaryl/α,β-unsaturated/α-hetero) is 1. The van der Waals surface area contributed by atoms with Crippen LogP contribution >= 0.6 is 0 Å². The van der Waals surface area contributed by atoms with Crippen LogP contribution in [0.25, 0.3) is 0 Å². The summed E-state index contributed by atoms with van der Waals surface area (Å²) in [5, 5.41) is 4.23. The summed E-state index contributed by atoms with van der Waals surface area (Å²) in [7, 11) is 1.76. The van der Waals surface area contributed by atoms with E-state index >= 15 is 0 Å². The van der Waals surface area contributed by atoms with Gasteiger partial charge in [-0.3, -0.25) is 14.3 Å². The second-order valence-corrected chi connectivity index (χ2v) is 6.25. The van der Waals surface area contributed by atoms with Crippen molar-refractivity contribution < 1.29 is 18.7 Å². The first-order valence-electron chi connectivity index (χ1n) is 8.45. The van der Waals surface area contributed by atoms with Crippen LogP contribution in [-0.2, 0) is 23.0 Å². The lowest BCUT2D eigenvalue weighted by molar-refractivity contribution is -0.135. The lowest BCUT2D eigenvalue weighted by Crippen LogP contribution is -2.46. The van der Waals surface area contributed by atoms with Crippen LogP contribution in [0.4, 0.5) is 0 Å². The smallest absolute Gasteiger partial charge is 0.295 e. The average Bonchev–Trinajstić information content (AvgIpc) is 3.18. The molecule has 0 unspecified atom stereocenters. The summed E-state index contributed by atoms with van der Waals surface area (Å²) >= 11 is 0. The first kappa shape index (κ1) is 17.4. The fourth-order valence-electron chi connectivity index (χ4n) is 3.19. The highest BCUT2D eigenvalue weighted by Gasteiger charge is 2.36. The van der Waals surface area contributed by atoms with Gasteiger partial charge in [0.1, 0.15) is 17.6 Å².